The third-order valence-corrected chi connectivity index (χ3v) is 2.86. The molecule has 0 unspecified atom stereocenters. The van der Waals surface area contributed by atoms with E-state index in [2.05, 4.69) is 5.32 Å². The highest BCUT2D eigenvalue weighted by Gasteiger charge is 2.30. The highest BCUT2D eigenvalue weighted by Crippen LogP contribution is 2.31. The van der Waals surface area contributed by atoms with Crippen LogP contribution in [-0.4, -0.2) is 14.1 Å². The number of rotatable bonds is 3. The lowest BCUT2D eigenvalue weighted by molar-refractivity contribution is -0.137. The summed E-state index contributed by atoms with van der Waals surface area (Å²) < 4.78 is 37.8. The number of nitrogens with zero attached hydrogens (tertiary/aromatic N) is 1. The number of nitrogens with one attached hydrogen (secondary N) is 1. The number of hydrogen-bond donors (Lipinski definition) is 1. The maximum Gasteiger partial charge on any atom is 0.416 e. The molecule has 2 rings (SSSR count). The highest BCUT2D eigenvalue weighted by molar-refractivity contribution is 5.63. The molecule has 0 aliphatic heterocycles. The van der Waals surface area contributed by atoms with E-state index in [4.69, 9.17) is 0 Å². The number of halogens is 3. The van der Waals surface area contributed by atoms with Gasteiger partial charge in [0.25, 0.3) is 0 Å². The standard InChI is InChI=1S/C15H15F3N2/c1-20(2)14-8-6-12(7-9-14)19-13-5-3-4-11(10-13)15(16,17)18/h3-10,19H,1-2H3. The minimum absolute atomic E-state index is 0.414. The molecule has 0 radical (unpaired) electrons. The first-order valence-corrected chi connectivity index (χ1v) is 6.08. The fraction of sp³-hybridized carbons (Fsp3) is 0.200. The molecular weight excluding hydrogens is 265 g/mol. The van der Waals surface area contributed by atoms with Crippen molar-refractivity contribution in [2.24, 2.45) is 0 Å². The predicted molar refractivity (Wildman–Crippen MR) is 75.5 cm³/mol. The topological polar surface area (TPSA) is 15.3 Å². The molecule has 2 aromatic carbocycles. The second-order valence-electron chi connectivity index (χ2n) is 4.64. The van der Waals surface area contributed by atoms with Crippen molar-refractivity contribution in [2.75, 3.05) is 24.3 Å². The van der Waals surface area contributed by atoms with Crippen LogP contribution in [0.15, 0.2) is 48.5 Å². The van der Waals surface area contributed by atoms with Crippen molar-refractivity contribution in [2.45, 2.75) is 6.18 Å². The van der Waals surface area contributed by atoms with Gasteiger partial charge < -0.3 is 10.2 Å². The lowest BCUT2D eigenvalue weighted by atomic mass is 10.2. The van der Waals surface area contributed by atoms with Crippen molar-refractivity contribution < 1.29 is 13.2 Å². The first-order chi connectivity index (χ1) is 9.36. The van der Waals surface area contributed by atoms with E-state index in [1.54, 1.807) is 6.07 Å². The minimum atomic E-state index is -4.33. The van der Waals surface area contributed by atoms with Crippen molar-refractivity contribution in [1.29, 1.82) is 0 Å². The largest absolute Gasteiger partial charge is 0.416 e. The van der Waals surface area contributed by atoms with Gasteiger partial charge >= 0.3 is 6.18 Å². The molecular formula is C15H15F3N2. The molecule has 0 spiro atoms. The molecule has 0 atom stereocenters. The van der Waals surface area contributed by atoms with Crippen LogP contribution >= 0.6 is 0 Å². The van der Waals surface area contributed by atoms with Gasteiger partial charge in [0.2, 0.25) is 0 Å². The third kappa shape index (κ3) is 3.44. The van der Waals surface area contributed by atoms with Gasteiger partial charge in [-0.15, -0.1) is 0 Å². The Morgan fingerprint density at radius 1 is 0.900 bits per heavy atom. The van der Waals surface area contributed by atoms with Crippen molar-refractivity contribution in [3.8, 4) is 0 Å². The Kier molecular flexibility index (Phi) is 3.88. The van der Waals surface area contributed by atoms with E-state index >= 15 is 0 Å². The normalized spacial score (nSPS) is 11.2. The van der Waals surface area contributed by atoms with Crippen LogP contribution in [0.1, 0.15) is 5.56 Å². The summed E-state index contributed by atoms with van der Waals surface area (Å²) in [6.45, 7) is 0. The molecule has 0 saturated carbocycles. The van der Waals surface area contributed by atoms with E-state index in [0.717, 1.165) is 23.5 Å². The average Bonchev–Trinajstić information content (AvgIpc) is 2.38. The molecule has 0 bridgehead atoms. The smallest absolute Gasteiger partial charge is 0.378 e. The van der Waals surface area contributed by atoms with E-state index < -0.39 is 11.7 Å². The van der Waals surface area contributed by atoms with E-state index in [9.17, 15) is 13.2 Å². The van der Waals surface area contributed by atoms with Gasteiger partial charge in [0.15, 0.2) is 0 Å². The zero-order valence-electron chi connectivity index (χ0n) is 11.2. The fourth-order valence-electron chi connectivity index (χ4n) is 1.78. The molecule has 1 N–H and O–H groups in total. The summed E-state index contributed by atoms with van der Waals surface area (Å²) >= 11 is 0. The van der Waals surface area contributed by atoms with Gasteiger partial charge in [-0.05, 0) is 42.5 Å². The molecule has 2 nitrogen and oxygen atoms in total. The van der Waals surface area contributed by atoms with Crippen LogP contribution in [0.4, 0.5) is 30.2 Å². The Hall–Kier alpha value is -2.17. The summed E-state index contributed by atoms with van der Waals surface area (Å²) in [5.74, 6) is 0. The molecule has 0 saturated heterocycles. The zero-order chi connectivity index (χ0) is 14.8. The molecule has 0 aliphatic carbocycles. The maximum atomic E-state index is 12.6. The van der Waals surface area contributed by atoms with Gasteiger partial charge in [-0.2, -0.15) is 13.2 Å². The lowest BCUT2D eigenvalue weighted by Crippen LogP contribution is -2.08. The van der Waals surface area contributed by atoms with E-state index in [0.29, 0.717) is 5.69 Å². The zero-order valence-corrected chi connectivity index (χ0v) is 11.2. The quantitative estimate of drug-likeness (QED) is 0.889. The Bertz CT molecular complexity index is 574. The van der Waals surface area contributed by atoms with Crippen LogP contribution in [0.25, 0.3) is 0 Å². The monoisotopic (exact) mass is 280 g/mol. The molecule has 106 valence electrons. The summed E-state index contributed by atoms with van der Waals surface area (Å²) in [7, 11) is 3.85. The summed E-state index contributed by atoms with van der Waals surface area (Å²) in [6.07, 6.45) is -4.33. The van der Waals surface area contributed by atoms with Gasteiger partial charge in [-0.25, -0.2) is 0 Å². The van der Waals surface area contributed by atoms with Crippen molar-refractivity contribution >= 4 is 17.1 Å². The van der Waals surface area contributed by atoms with E-state index in [1.165, 1.54) is 6.07 Å². The van der Waals surface area contributed by atoms with Crippen LogP contribution in [-0.2, 0) is 6.18 Å². The Balaban J connectivity index is 2.18. The SMILES string of the molecule is CN(C)c1ccc(Nc2cccc(C(F)(F)F)c2)cc1. The molecule has 0 aromatic heterocycles. The molecule has 0 aliphatic rings. The van der Waals surface area contributed by atoms with Gasteiger partial charge in [-0.3, -0.25) is 0 Å². The highest BCUT2D eigenvalue weighted by atomic mass is 19.4. The van der Waals surface area contributed by atoms with Crippen LogP contribution in [0.2, 0.25) is 0 Å². The number of hydrogen-bond acceptors (Lipinski definition) is 2. The molecule has 0 heterocycles. The minimum Gasteiger partial charge on any atom is -0.378 e. The molecule has 2 aromatic rings. The van der Waals surface area contributed by atoms with Crippen LogP contribution in [0, 0.1) is 0 Å². The van der Waals surface area contributed by atoms with Gasteiger partial charge in [0.05, 0.1) is 5.56 Å². The van der Waals surface area contributed by atoms with Crippen LogP contribution in [0.3, 0.4) is 0 Å². The van der Waals surface area contributed by atoms with Gasteiger partial charge in [0.1, 0.15) is 0 Å². The number of alkyl halides is 3. The summed E-state index contributed by atoms with van der Waals surface area (Å²) in [5.41, 5.74) is 1.53. The van der Waals surface area contributed by atoms with Crippen molar-refractivity contribution in [1.82, 2.24) is 0 Å². The molecule has 5 heteroatoms. The number of anilines is 3. The Morgan fingerprint density at radius 3 is 2.10 bits per heavy atom. The molecule has 0 amide bonds. The second-order valence-corrected chi connectivity index (χ2v) is 4.64. The Morgan fingerprint density at radius 2 is 1.55 bits per heavy atom. The average molecular weight is 280 g/mol. The summed E-state index contributed by atoms with van der Waals surface area (Å²) in [4.78, 5) is 1.95. The predicted octanol–water partition coefficient (Wildman–Crippen LogP) is 4.52. The van der Waals surface area contributed by atoms with Crippen molar-refractivity contribution in [3.05, 3.63) is 54.1 Å². The van der Waals surface area contributed by atoms with E-state index in [1.807, 2.05) is 43.3 Å². The maximum absolute atomic E-state index is 12.6. The molecule has 0 fully saturated rings. The van der Waals surface area contributed by atoms with E-state index in [-0.39, 0.29) is 0 Å². The lowest BCUT2D eigenvalue weighted by Gasteiger charge is -2.14. The third-order valence-electron chi connectivity index (χ3n) is 2.86. The van der Waals surface area contributed by atoms with Gasteiger partial charge in [-0.1, -0.05) is 6.07 Å². The summed E-state index contributed by atoms with van der Waals surface area (Å²) in [6, 6.07) is 12.6. The van der Waals surface area contributed by atoms with Crippen LogP contribution < -0.4 is 10.2 Å². The van der Waals surface area contributed by atoms with Gasteiger partial charge in [0, 0.05) is 31.2 Å². The summed E-state index contributed by atoms with van der Waals surface area (Å²) in [5, 5.41) is 2.96. The number of benzene rings is 2. The first-order valence-electron chi connectivity index (χ1n) is 6.08. The second kappa shape index (κ2) is 5.45. The fourth-order valence-corrected chi connectivity index (χ4v) is 1.78. The molecule has 20 heavy (non-hydrogen) atoms. The van der Waals surface area contributed by atoms with Crippen LogP contribution in [0.5, 0.6) is 0 Å². The Labute approximate surface area is 115 Å². The van der Waals surface area contributed by atoms with Crippen molar-refractivity contribution in [3.63, 3.8) is 0 Å². The first kappa shape index (κ1) is 14.2.